The SMILES string of the molecule is CCc1c(-c2ccc3ccccc3c2)nc2c(oc3ccccc32)c1-c1ccc(-n2c3ccccc3c3cc4ccccc4cc32)c2ccccc12. The van der Waals surface area contributed by atoms with E-state index in [0.29, 0.717) is 0 Å². The summed E-state index contributed by atoms with van der Waals surface area (Å²) < 4.78 is 9.23. The van der Waals surface area contributed by atoms with Gasteiger partial charge in [-0.2, -0.15) is 0 Å². The van der Waals surface area contributed by atoms with Crippen LogP contribution in [-0.4, -0.2) is 9.55 Å². The van der Waals surface area contributed by atoms with Gasteiger partial charge in [0.15, 0.2) is 5.58 Å². The average Bonchev–Trinajstić information content (AvgIpc) is 3.74. The Labute approximate surface area is 300 Å². The van der Waals surface area contributed by atoms with E-state index in [9.17, 15) is 0 Å². The fourth-order valence-corrected chi connectivity index (χ4v) is 8.56. The smallest absolute Gasteiger partial charge is 0.162 e. The van der Waals surface area contributed by atoms with E-state index in [1.54, 1.807) is 0 Å². The summed E-state index contributed by atoms with van der Waals surface area (Å²) in [6, 6.07) is 59.1. The van der Waals surface area contributed by atoms with Gasteiger partial charge in [-0.3, -0.25) is 0 Å². The molecule has 0 saturated heterocycles. The first-order valence-electron chi connectivity index (χ1n) is 18.0. The standard InChI is InChI=1S/C49H32N2O/c1-2-35-46(49-48(40-20-10-12-22-45(40)52-49)50-47(35)34-24-23-30-13-3-4-14-31(30)27-34)39-25-26-43(37-18-8-7-17-36(37)39)51-42-21-11-9-19-38(42)41-28-32-15-5-6-16-33(32)29-44(41)51/h3-29H,2H2,1H3. The molecular weight excluding hydrogens is 633 g/mol. The third-order valence-electron chi connectivity index (χ3n) is 10.9. The molecule has 11 aromatic rings. The maximum Gasteiger partial charge on any atom is 0.162 e. The van der Waals surface area contributed by atoms with Gasteiger partial charge in [-0.15, -0.1) is 0 Å². The molecule has 0 aliphatic heterocycles. The van der Waals surface area contributed by atoms with Crippen molar-refractivity contribution in [2.75, 3.05) is 0 Å². The molecule has 0 saturated carbocycles. The zero-order chi connectivity index (χ0) is 34.3. The third kappa shape index (κ3) is 4.17. The molecule has 52 heavy (non-hydrogen) atoms. The Morgan fingerprint density at radius 1 is 0.519 bits per heavy atom. The highest BCUT2D eigenvalue weighted by Crippen LogP contribution is 2.45. The van der Waals surface area contributed by atoms with Crippen molar-refractivity contribution in [2.24, 2.45) is 0 Å². The van der Waals surface area contributed by atoms with Crippen LogP contribution < -0.4 is 0 Å². The lowest BCUT2D eigenvalue weighted by Gasteiger charge is -2.18. The highest BCUT2D eigenvalue weighted by atomic mass is 16.3. The lowest BCUT2D eigenvalue weighted by Crippen LogP contribution is -2.00. The van der Waals surface area contributed by atoms with E-state index in [1.807, 2.05) is 6.07 Å². The van der Waals surface area contributed by atoms with E-state index in [0.717, 1.165) is 56.6 Å². The molecule has 11 rings (SSSR count). The topological polar surface area (TPSA) is 31.0 Å². The summed E-state index contributed by atoms with van der Waals surface area (Å²) in [5.41, 5.74) is 11.7. The quantitative estimate of drug-likeness (QED) is 0.187. The normalized spacial score (nSPS) is 12.0. The van der Waals surface area contributed by atoms with Crippen LogP contribution in [0.1, 0.15) is 12.5 Å². The Balaban J connectivity index is 1.24. The van der Waals surface area contributed by atoms with Crippen molar-refractivity contribution in [1.29, 1.82) is 0 Å². The van der Waals surface area contributed by atoms with Crippen LogP contribution in [0.2, 0.25) is 0 Å². The largest absolute Gasteiger partial charge is 0.454 e. The third-order valence-corrected chi connectivity index (χ3v) is 10.9. The molecule has 3 heteroatoms. The number of furan rings is 1. The first kappa shape index (κ1) is 29.1. The lowest BCUT2D eigenvalue weighted by molar-refractivity contribution is 0.668. The maximum absolute atomic E-state index is 6.78. The van der Waals surface area contributed by atoms with Crippen molar-refractivity contribution in [3.05, 3.63) is 169 Å². The summed E-state index contributed by atoms with van der Waals surface area (Å²) in [5, 5.41) is 10.8. The monoisotopic (exact) mass is 664 g/mol. The number of pyridine rings is 1. The summed E-state index contributed by atoms with van der Waals surface area (Å²) in [6.45, 7) is 2.23. The second-order valence-electron chi connectivity index (χ2n) is 13.8. The van der Waals surface area contributed by atoms with Gasteiger partial charge in [-0.1, -0.05) is 128 Å². The highest BCUT2D eigenvalue weighted by Gasteiger charge is 2.24. The number of para-hydroxylation sites is 2. The molecule has 0 unspecified atom stereocenters. The summed E-state index contributed by atoms with van der Waals surface area (Å²) in [6.07, 6.45) is 0.799. The molecule has 0 fully saturated rings. The second-order valence-corrected chi connectivity index (χ2v) is 13.8. The Hall–Kier alpha value is -6.71. The van der Waals surface area contributed by atoms with Crippen molar-refractivity contribution in [3.63, 3.8) is 0 Å². The van der Waals surface area contributed by atoms with Gasteiger partial charge >= 0.3 is 0 Å². The molecule has 0 aliphatic rings. The van der Waals surface area contributed by atoms with Gasteiger partial charge in [-0.05, 0) is 86.9 Å². The van der Waals surface area contributed by atoms with Crippen LogP contribution in [0.15, 0.2) is 168 Å². The van der Waals surface area contributed by atoms with Gasteiger partial charge in [0.2, 0.25) is 0 Å². The van der Waals surface area contributed by atoms with Crippen molar-refractivity contribution in [2.45, 2.75) is 13.3 Å². The average molecular weight is 665 g/mol. The summed E-state index contributed by atoms with van der Waals surface area (Å²) in [5.74, 6) is 0. The first-order valence-corrected chi connectivity index (χ1v) is 18.0. The van der Waals surface area contributed by atoms with E-state index in [-0.39, 0.29) is 0 Å². The molecular formula is C49H32N2O. The zero-order valence-corrected chi connectivity index (χ0v) is 28.6. The number of hydrogen-bond donors (Lipinski definition) is 0. The van der Waals surface area contributed by atoms with Gasteiger partial charge in [0.05, 0.1) is 22.4 Å². The van der Waals surface area contributed by atoms with Crippen LogP contribution in [0.5, 0.6) is 0 Å². The van der Waals surface area contributed by atoms with E-state index in [1.165, 1.54) is 59.7 Å². The van der Waals surface area contributed by atoms with Gasteiger partial charge in [0.1, 0.15) is 11.1 Å². The molecule has 0 aliphatic carbocycles. The molecule has 0 radical (unpaired) electrons. The van der Waals surface area contributed by atoms with Crippen LogP contribution >= 0.6 is 0 Å². The Morgan fingerprint density at radius 2 is 1.17 bits per heavy atom. The molecule has 3 heterocycles. The molecule has 244 valence electrons. The summed E-state index contributed by atoms with van der Waals surface area (Å²) in [7, 11) is 0. The second kappa shape index (κ2) is 11.1. The van der Waals surface area contributed by atoms with Gasteiger partial charge in [0, 0.05) is 32.7 Å². The fraction of sp³-hybridized carbons (Fsp3) is 0.0408. The van der Waals surface area contributed by atoms with Gasteiger partial charge < -0.3 is 8.98 Å². The van der Waals surface area contributed by atoms with Crippen LogP contribution in [0, 0.1) is 0 Å². The molecule has 0 bridgehead atoms. The number of aromatic nitrogens is 2. The molecule has 8 aromatic carbocycles. The minimum absolute atomic E-state index is 0.799. The molecule has 0 N–H and O–H groups in total. The number of nitrogens with zero attached hydrogens (tertiary/aromatic N) is 2. The molecule has 3 nitrogen and oxygen atoms in total. The van der Waals surface area contributed by atoms with E-state index < -0.39 is 0 Å². The Bertz CT molecular complexity index is 3230. The van der Waals surface area contributed by atoms with Gasteiger partial charge in [0.25, 0.3) is 0 Å². The number of fused-ring (bicyclic) bond motifs is 9. The van der Waals surface area contributed by atoms with Crippen molar-refractivity contribution >= 4 is 76.2 Å². The molecule has 0 amide bonds. The predicted molar refractivity (Wildman–Crippen MR) is 219 cm³/mol. The Morgan fingerprint density at radius 3 is 1.98 bits per heavy atom. The minimum atomic E-state index is 0.799. The Kier molecular flexibility index (Phi) is 6.23. The number of benzene rings is 8. The summed E-state index contributed by atoms with van der Waals surface area (Å²) >= 11 is 0. The van der Waals surface area contributed by atoms with E-state index in [2.05, 4.69) is 169 Å². The summed E-state index contributed by atoms with van der Waals surface area (Å²) in [4.78, 5) is 5.43. The maximum atomic E-state index is 6.78. The van der Waals surface area contributed by atoms with Crippen LogP contribution in [0.4, 0.5) is 0 Å². The van der Waals surface area contributed by atoms with Crippen LogP contribution in [0.25, 0.3) is 104 Å². The van der Waals surface area contributed by atoms with Crippen molar-refractivity contribution in [3.8, 4) is 28.1 Å². The lowest BCUT2D eigenvalue weighted by atomic mass is 9.89. The molecule has 0 spiro atoms. The van der Waals surface area contributed by atoms with Gasteiger partial charge in [-0.25, -0.2) is 4.98 Å². The van der Waals surface area contributed by atoms with E-state index in [4.69, 9.17) is 9.40 Å². The van der Waals surface area contributed by atoms with E-state index >= 15 is 0 Å². The fourth-order valence-electron chi connectivity index (χ4n) is 8.56. The van der Waals surface area contributed by atoms with Crippen LogP contribution in [0.3, 0.4) is 0 Å². The first-order chi connectivity index (χ1) is 25.7. The highest BCUT2D eigenvalue weighted by molar-refractivity contribution is 6.17. The van der Waals surface area contributed by atoms with Crippen molar-refractivity contribution in [1.82, 2.24) is 9.55 Å². The molecule has 0 atom stereocenters. The number of hydrogen-bond acceptors (Lipinski definition) is 2. The van der Waals surface area contributed by atoms with Crippen molar-refractivity contribution < 1.29 is 4.42 Å². The molecule has 3 aromatic heterocycles. The predicted octanol–water partition coefficient (Wildman–Crippen LogP) is 13.4. The minimum Gasteiger partial charge on any atom is -0.454 e. The zero-order valence-electron chi connectivity index (χ0n) is 28.6. The number of rotatable bonds is 4. The van der Waals surface area contributed by atoms with Crippen LogP contribution in [-0.2, 0) is 6.42 Å².